The van der Waals surface area contributed by atoms with Crippen LogP contribution in [0.3, 0.4) is 0 Å². The van der Waals surface area contributed by atoms with Gasteiger partial charge in [0.25, 0.3) is 17.7 Å². The molecule has 3 aliphatic carbocycles. The Morgan fingerprint density at radius 2 is 1.30 bits per heavy atom. The number of carbonyl (C=O) groups is 3. The van der Waals surface area contributed by atoms with Gasteiger partial charge in [-0.15, -0.1) is 0 Å². The van der Waals surface area contributed by atoms with E-state index in [2.05, 4.69) is 156 Å². The number of nitriles is 1. The van der Waals surface area contributed by atoms with E-state index in [1.165, 1.54) is 50.4 Å². The Balaban J connectivity index is 1.12. The third-order valence-electron chi connectivity index (χ3n) is 15.2. The molecule has 2 heterocycles. The summed E-state index contributed by atoms with van der Waals surface area (Å²) >= 11 is 0. The Labute approximate surface area is 380 Å². The Morgan fingerprint density at radius 1 is 0.734 bits per heavy atom. The third kappa shape index (κ3) is 8.41. The normalized spacial score (nSPS) is 26.4. The van der Waals surface area contributed by atoms with Gasteiger partial charge in [-0.2, -0.15) is 5.26 Å². The topological polar surface area (TPSA) is 81.5 Å². The van der Waals surface area contributed by atoms with E-state index in [4.69, 9.17) is 0 Å². The van der Waals surface area contributed by atoms with Crippen LogP contribution in [0, 0.1) is 46.8 Å². The Kier molecular flexibility index (Phi) is 12.7. The highest BCUT2D eigenvalue weighted by Gasteiger charge is 2.58. The van der Waals surface area contributed by atoms with Gasteiger partial charge in [0.2, 0.25) is 0 Å². The smallest absolute Gasteiger partial charge is 0.257 e. The lowest BCUT2D eigenvalue weighted by Gasteiger charge is -2.59. The molecule has 3 aromatic carbocycles. The van der Waals surface area contributed by atoms with Gasteiger partial charge in [0.1, 0.15) is 0 Å². The van der Waals surface area contributed by atoms with Crippen LogP contribution in [0.1, 0.15) is 94.4 Å². The summed E-state index contributed by atoms with van der Waals surface area (Å²) < 4.78 is 0. The molecule has 64 heavy (non-hydrogen) atoms. The summed E-state index contributed by atoms with van der Waals surface area (Å²) in [6.07, 6.45) is 31.9. The largest absolute Gasteiger partial charge is 0.282 e. The summed E-state index contributed by atoms with van der Waals surface area (Å²) in [6.45, 7) is 13.1. The maximum atomic E-state index is 13.6. The second kappa shape index (κ2) is 18.4. The van der Waals surface area contributed by atoms with Crippen LogP contribution in [-0.4, -0.2) is 27.5 Å². The van der Waals surface area contributed by atoms with Crippen LogP contribution < -0.4 is 0 Å². The fraction of sp³-hybridized carbons (Fsp3) is 0.345. The van der Waals surface area contributed by atoms with E-state index < -0.39 is 16.2 Å². The van der Waals surface area contributed by atoms with Crippen molar-refractivity contribution >= 4 is 17.7 Å². The average Bonchev–Trinajstić information content (AvgIpc) is 3.71. The molecular formula is C58H61N3O3. The summed E-state index contributed by atoms with van der Waals surface area (Å²) in [4.78, 5) is 43.0. The lowest BCUT2D eigenvalue weighted by atomic mass is 9.44. The Hall–Kier alpha value is -6.32. The molecule has 2 aliphatic heterocycles. The molecule has 6 heteroatoms. The number of aryl methyl sites for hydroxylation is 1. The second-order valence-electron chi connectivity index (χ2n) is 18.9. The molecule has 3 aromatic rings. The van der Waals surface area contributed by atoms with E-state index >= 15 is 0 Å². The van der Waals surface area contributed by atoms with Crippen LogP contribution in [-0.2, 0) is 32.6 Å². The van der Waals surface area contributed by atoms with Crippen molar-refractivity contribution in [3.05, 3.63) is 192 Å². The van der Waals surface area contributed by atoms with Crippen LogP contribution in [0.4, 0.5) is 0 Å². The molecule has 0 saturated heterocycles. The van der Waals surface area contributed by atoms with Crippen molar-refractivity contribution < 1.29 is 14.4 Å². The molecule has 326 valence electrons. The average molecular weight is 848 g/mol. The van der Waals surface area contributed by atoms with Gasteiger partial charge in [0.05, 0.1) is 12.0 Å². The molecule has 0 bridgehead atoms. The van der Waals surface area contributed by atoms with Gasteiger partial charge >= 0.3 is 0 Å². The van der Waals surface area contributed by atoms with Crippen LogP contribution in [0.25, 0.3) is 11.1 Å². The summed E-state index contributed by atoms with van der Waals surface area (Å²) in [6, 6.07) is 29.1. The zero-order chi connectivity index (χ0) is 45.1. The molecule has 0 fully saturated rings. The predicted octanol–water partition coefficient (Wildman–Crippen LogP) is 12.5. The minimum Gasteiger partial charge on any atom is -0.282 e. The summed E-state index contributed by atoms with van der Waals surface area (Å²) in [7, 11) is 0. The molecule has 0 aromatic heterocycles. The number of benzene rings is 3. The molecule has 0 N–H and O–H groups in total. The first-order valence-corrected chi connectivity index (χ1v) is 23.3. The highest BCUT2D eigenvalue weighted by atomic mass is 16.2. The maximum absolute atomic E-state index is 13.6. The molecule has 5 aliphatic rings. The summed E-state index contributed by atoms with van der Waals surface area (Å²) in [5.41, 5.74) is 8.30. The molecule has 0 saturated carbocycles. The number of rotatable bonds is 12. The van der Waals surface area contributed by atoms with E-state index in [0.29, 0.717) is 18.0 Å². The number of amides is 3. The SMILES string of the molecule is C=C1C=CC(=O)N1C1=CC=CCC(Cc2ccc(C3(C(CC)(CC)C4(C)C=C(N5C(=O)C=CC5=O)CC(Cc5ccc(-c6ccc(C)cc6)cc5)C/C=C\4)C=CC(C#N)CC3)cc2)C1. The first-order valence-electron chi connectivity index (χ1n) is 23.3. The predicted molar refractivity (Wildman–Crippen MR) is 257 cm³/mol. The molecule has 5 unspecified atom stereocenters. The van der Waals surface area contributed by atoms with E-state index in [1.54, 1.807) is 17.1 Å². The van der Waals surface area contributed by atoms with Gasteiger partial charge in [-0.3, -0.25) is 19.3 Å². The number of hydrogen-bond donors (Lipinski definition) is 0. The number of imide groups is 1. The van der Waals surface area contributed by atoms with E-state index in [-0.39, 0.29) is 29.6 Å². The standard InChI is InChI=1S/C58H61N3O3/c1-6-58(7-2,57(33-30-45(40-59)31-34-57)50-25-19-44(20-26-50)36-46-11-8-9-13-51(37-46)60-42(4)16-27-53(60)62)56(5)32-10-12-47(38-52(39-56)61-54(63)28-29-55(61)64)35-43-17-23-49(24-18-43)48-21-14-41(3)15-22-48/h8-10,13-30,32-33,39,45-47H,4,6-7,11-12,31,34-38H2,1-3,5H3/b32-10-,52-39?. The molecule has 5 atom stereocenters. The third-order valence-corrected chi connectivity index (χ3v) is 15.2. The summed E-state index contributed by atoms with van der Waals surface area (Å²) in [5, 5.41) is 10.1. The van der Waals surface area contributed by atoms with Crippen molar-refractivity contribution in [1.82, 2.24) is 9.80 Å². The second-order valence-corrected chi connectivity index (χ2v) is 18.9. The first kappa shape index (κ1) is 44.3. The van der Waals surface area contributed by atoms with Gasteiger partial charge in [-0.25, -0.2) is 4.90 Å². The van der Waals surface area contributed by atoms with E-state index in [1.807, 2.05) is 6.08 Å². The zero-order valence-electron chi connectivity index (χ0n) is 37.9. The minimum absolute atomic E-state index is 0.0422. The van der Waals surface area contributed by atoms with Crippen molar-refractivity contribution in [3.8, 4) is 17.2 Å². The number of carbonyl (C=O) groups excluding carboxylic acids is 3. The van der Waals surface area contributed by atoms with E-state index in [9.17, 15) is 19.6 Å². The highest BCUT2D eigenvalue weighted by molar-refractivity contribution is 6.14. The fourth-order valence-corrected chi connectivity index (χ4v) is 11.8. The molecule has 0 spiro atoms. The van der Waals surface area contributed by atoms with Crippen LogP contribution in [0.2, 0.25) is 0 Å². The van der Waals surface area contributed by atoms with Crippen LogP contribution >= 0.6 is 0 Å². The number of hydrogen-bond acceptors (Lipinski definition) is 4. The monoisotopic (exact) mass is 847 g/mol. The summed E-state index contributed by atoms with van der Waals surface area (Å²) in [5.74, 6) is -0.296. The van der Waals surface area contributed by atoms with E-state index in [0.717, 1.165) is 69.2 Å². The van der Waals surface area contributed by atoms with Crippen molar-refractivity contribution in [2.24, 2.45) is 28.6 Å². The molecular weight excluding hydrogens is 787 g/mol. The van der Waals surface area contributed by atoms with Crippen LogP contribution in [0.15, 0.2) is 169 Å². The molecule has 6 nitrogen and oxygen atoms in total. The van der Waals surface area contributed by atoms with Crippen molar-refractivity contribution in [1.29, 1.82) is 5.26 Å². The quantitative estimate of drug-likeness (QED) is 0.134. The van der Waals surface area contributed by atoms with Gasteiger partial charge in [-0.05, 0) is 128 Å². The van der Waals surface area contributed by atoms with Crippen LogP contribution in [0.5, 0.6) is 0 Å². The number of allylic oxidation sites excluding steroid dienone is 11. The zero-order valence-corrected chi connectivity index (χ0v) is 37.9. The molecule has 0 radical (unpaired) electrons. The Bertz CT molecular complexity index is 2520. The van der Waals surface area contributed by atoms with Crippen molar-refractivity contribution in [3.63, 3.8) is 0 Å². The number of nitrogens with zero attached hydrogens (tertiary/aromatic N) is 3. The minimum atomic E-state index is -0.584. The van der Waals surface area contributed by atoms with Gasteiger partial charge in [0.15, 0.2) is 0 Å². The van der Waals surface area contributed by atoms with Crippen molar-refractivity contribution in [2.75, 3.05) is 0 Å². The maximum Gasteiger partial charge on any atom is 0.257 e. The van der Waals surface area contributed by atoms with Gasteiger partial charge in [0, 0.05) is 46.1 Å². The highest BCUT2D eigenvalue weighted by Crippen LogP contribution is 2.63. The van der Waals surface area contributed by atoms with Gasteiger partial charge < -0.3 is 0 Å². The first-order chi connectivity index (χ1) is 30.9. The van der Waals surface area contributed by atoms with Gasteiger partial charge in [-0.1, -0.05) is 148 Å². The fourth-order valence-electron chi connectivity index (χ4n) is 11.8. The lowest BCUT2D eigenvalue weighted by molar-refractivity contribution is -0.134. The van der Waals surface area contributed by atoms with Crippen molar-refractivity contribution in [2.45, 2.75) is 97.3 Å². The molecule has 8 rings (SSSR count). The Morgan fingerprint density at radius 3 is 1.86 bits per heavy atom. The lowest BCUT2D eigenvalue weighted by Crippen LogP contribution is -2.54. The molecule has 3 amide bonds.